The fourth-order valence-electron chi connectivity index (χ4n) is 3.08. The largest absolute Gasteiger partial charge is 0.486 e. The van der Waals surface area contributed by atoms with Crippen LogP contribution in [0.4, 0.5) is 0 Å². The third-order valence-electron chi connectivity index (χ3n) is 4.57. The van der Waals surface area contributed by atoms with Crippen molar-refractivity contribution in [1.29, 1.82) is 0 Å². The van der Waals surface area contributed by atoms with Gasteiger partial charge in [-0.25, -0.2) is 9.97 Å². The van der Waals surface area contributed by atoms with E-state index in [2.05, 4.69) is 28.4 Å². The molecule has 25 heavy (non-hydrogen) atoms. The number of hydrogen-bond donors (Lipinski definition) is 0. The molecule has 3 rings (SSSR count). The van der Waals surface area contributed by atoms with E-state index in [0.717, 1.165) is 36.5 Å². The fraction of sp³-hybridized carbons (Fsp3) is 0.600. The van der Waals surface area contributed by atoms with Crippen molar-refractivity contribution in [3.05, 3.63) is 34.9 Å². The topological polar surface area (TPSA) is 47.5 Å². The first-order valence-electron chi connectivity index (χ1n) is 9.35. The van der Waals surface area contributed by atoms with E-state index in [1.54, 1.807) is 6.20 Å². The van der Waals surface area contributed by atoms with Crippen LogP contribution in [0.2, 0.25) is 0 Å². The van der Waals surface area contributed by atoms with Gasteiger partial charge in [0.15, 0.2) is 11.5 Å². The highest BCUT2D eigenvalue weighted by Gasteiger charge is 2.27. The fourth-order valence-corrected chi connectivity index (χ4v) is 3.08. The average Bonchev–Trinajstić information content (AvgIpc) is 2.66. The maximum absolute atomic E-state index is 6.25. The Kier molecular flexibility index (Phi) is 7.44. The third-order valence-corrected chi connectivity index (χ3v) is 4.57. The van der Waals surface area contributed by atoms with E-state index in [4.69, 9.17) is 9.47 Å². The van der Waals surface area contributed by atoms with E-state index in [-0.39, 0.29) is 6.10 Å². The third kappa shape index (κ3) is 5.05. The smallest absolute Gasteiger partial charge is 0.172 e. The predicted octanol–water partition coefficient (Wildman–Crippen LogP) is 2.07. The highest BCUT2D eigenvalue weighted by Crippen LogP contribution is 2.23. The highest BCUT2D eigenvalue weighted by atomic mass is 16.6. The Hall–Kier alpha value is -1.88. The number of allylic oxidation sites excluding steroid dienone is 1. The van der Waals surface area contributed by atoms with Crippen LogP contribution in [0.5, 0.6) is 0 Å². The van der Waals surface area contributed by atoms with Gasteiger partial charge in [-0.05, 0) is 44.8 Å². The molecule has 2 aliphatic rings. The standard InChI is InChI=1S/C18H25N3O2.C2H6/c1-4-17-18(16-9-19-12-20-14(16)3)23-15(11-22-17)10-21-7-5-13(2)6-8-21;1-2/h4,9,12-13,15H,3,5-8,10-11H2,1-2H3;1-2H3/b17-4+,18-16+;. The maximum atomic E-state index is 6.25. The number of hydrogen-bond acceptors (Lipinski definition) is 5. The number of rotatable bonds is 2. The summed E-state index contributed by atoms with van der Waals surface area (Å²) in [5.74, 6) is 2.29. The molecule has 138 valence electrons. The SMILES string of the molecule is C=c1ncnc/c1=C1\OC(CN2CCC(C)CC2)CO\C1=C\C.CC. The second kappa shape index (κ2) is 9.56. The van der Waals surface area contributed by atoms with Gasteiger partial charge in [0.05, 0.1) is 10.6 Å². The zero-order valence-corrected chi connectivity index (χ0v) is 16.0. The van der Waals surface area contributed by atoms with Crippen LogP contribution in [0.25, 0.3) is 12.3 Å². The molecule has 0 aromatic carbocycles. The second-order valence-corrected chi connectivity index (χ2v) is 6.40. The lowest BCUT2D eigenvalue weighted by Crippen LogP contribution is -2.43. The van der Waals surface area contributed by atoms with Crippen LogP contribution in [0.3, 0.4) is 0 Å². The molecule has 1 unspecified atom stereocenters. The Morgan fingerprint density at radius 2 is 2.04 bits per heavy atom. The zero-order chi connectivity index (χ0) is 18.2. The first kappa shape index (κ1) is 19.4. The average molecular weight is 345 g/mol. The summed E-state index contributed by atoms with van der Waals surface area (Å²) in [4.78, 5) is 10.7. The molecule has 2 aliphatic heterocycles. The van der Waals surface area contributed by atoms with Crippen molar-refractivity contribution in [3.63, 3.8) is 0 Å². The second-order valence-electron chi connectivity index (χ2n) is 6.40. The first-order chi connectivity index (χ1) is 12.2. The molecule has 3 heterocycles. The van der Waals surface area contributed by atoms with Crippen molar-refractivity contribution in [2.24, 2.45) is 5.92 Å². The Balaban J connectivity index is 0.00000109. The number of aromatic nitrogens is 2. The Bertz CT molecular complexity index is 678. The lowest BCUT2D eigenvalue weighted by atomic mass is 9.99. The monoisotopic (exact) mass is 345 g/mol. The molecule has 1 aromatic rings. The summed E-state index contributed by atoms with van der Waals surface area (Å²) in [5.41, 5.74) is 0. The molecule has 2 saturated heterocycles. The molecular formula is C20H31N3O2. The molecule has 0 amide bonds. The van der Waals surface area contributed by atoms with Gasteiger partial charge in [-0.2, -0.15) is 0 Å². The molecule has 0 radical (unpaired) electrons. The van der Waals surface area contributed by atoms with Crippen LogP contribution in [-0.2, 0) is 9.47 Å². The predicted molar refractivity (Wildman–Crippen MR) is 101 cm³/mol. The molecule has 1 atom stereocenters. The summed E-state index contributed by atoms with van der Waals surface area (Å²) >= 11 is 0. The Labute approximate surface area is 151 Å². The van der Waals surface area contributed by atoms with Gasteiger partial charge < -0.3 is 9.47 Å². The summed E-state index contributed by atoms with van der Waals surface area (Å²) in [5, 5.41) is 1.46. The van der Waals surface area contributed by atoms with Gasteiger partial charge in [-0.3, -0.25) is 4.90 Å². The molecule has 0 bridgehead atoms. The summed E-state index contributed by atoms with van der Waals surface area (Å²) in [6, 6.07) is 0. The van der Waals surface area contributed by atoms with Gasteiger partial charge in [0.2, 0.25) is 0 Å². The molecule has 5 nitrogen and oxygen atoms in total. The molecule has 0 aliphatic carbocycles. The summed E-state index contributed by atoms with van der Waals surface area (Å²) in [7, 11) is 0. The van der Waals surface area contributed by atoms with Crippen molar-refractivity contribution >= 4 is 12.3 Å². The van der Waals surface area contributed by atoms with E-state index in [0.29, 0.717) is 17.7 Å². The van der Waals surface area contributed by atoms with Crippen molar-refractivity contribution in [2.45, 2.75) is 46.6 Å². The van der Waals surface area contributed by atoms with E-state index in [9.17, 15) is 0 Å². The van der Waals surface area contributed by atoms with Crippen LogP contribution in [-0.4, -0.2) is 47.2 Å². The van der Waals surface area contributed by atoms with E-state index < -0.39 is 0 Å². The van der Waals surface area contributed by atoms with E-state index >= 15 is 0 Å². The molecule has 0 spiro atoms. The Morgan fingerprint density at radius 1 is 1.32 bits per heavy atom. The van der Waals surface area contributed by atoms with Gasteiger partial charge in [0, 0.05) is 12.7 Å². The maximum Gasteiger partial charge on any atom is 0.172 e. The van der Waals surface area contributed by atoms with Crippen LogP contribution >= 0.6 is 0 Å². The highest BCUT2D eigenvalue weighted by molar-refractivity contribution is 5.55. The number of nitrogens with zero attached hydrogens (tertiary/aromatic N) is 3. The summed E-state index contributed by atoms with van der Waals surface area (Å²) in [6.45, 7) is 16.0. The molecule has 1 aromatic heterocycles. The van der Waals surface area contributed by atoms with Crippen LogP contribution in [0.1, 0.15) is 40.5 Å². The van der Waals surface area contributed by atoms with Crippen LogP contribution < -0.4 is 10.6 Å². The number of piperidine rings is 1. The minimum Gasteiger partial charge on any atom is -0.486 e. The molecule has 0 N–H and O–H groups in total. The molecule has 5 heteroatoms. The van der Waals surface area contributed by atoms with Crippen LogP contribution in [0.15, 0.2) is 24.4 Å². The van der Waals surface area contributed by atoms with Crippen molar-refractivity contribution < 1.29 is 9.47 Å². The van der Waals surface area contributed by atoms with Crippen molar-refractivity contribution in [2.75, 3.05) is 26.2 Å². The van der Waals surface area contributed by atoms with Gasteiger partial charge in [0.1, 0.15) is 19.0 Å². The quantitative estimate of drug-likeness (QED) is 0.821. The lowest BCUT2D eigenvalue weighted by molar-refractivity contribution is 0.00127. The number of ether oxygens (including phenoxy) is 2. The van der Waals surface area contributed by atoms with E-state index in [1.807, 2.05) is 26.8 Å². The van der Waals surface area contributed by atoms with Crippen molar-refractivity contribution in [3.8, 4) is 0 Å². The van der Waals surface area contributed by atoms with Crippen LogP contribution in [0, 0.1) is 5.92 Å². The van der Waals surface area contributed by atoms with Gasteiger partial charge in [-0.1, -0.05) is 27.4 Å². The van der Waals surface area contributed by atoms with Crippen molar-refractivity contribution in [1.82, 2.24) is 14.9 Å². The number of likely N-dealkylation sites (tertiary alicyclic amines) is 1. The molecule has 2 fully saturated rings. The normalized spacial score (nSPS) is 25.6. The molecular weight excluding hydrogens is 314 g/mol. The minimum absolute atomic E-state index is 0.0294. The Morgan fingerprint density at radius 3 is 2.68 bits per heavy atom. The zero-order valence-electron chi connectivity index (χ0n) is 16.0. The first-order valence-corrected chi connectivity index (χ1v) is 9.35. The summed E-state index contributed by atoms with van der Waals surface area (Å²) in [6.07, 6.45) is 7.71. The minimum atomic E-state index is 0.0294. The molecule has 0 saturated carbocycles. The van der Waals surface area contributed by atoms with E-state index in [1.165, 1.54) is 19.2 Å². The van der Waals surface area contributed by atoms with Gasteiger partial charge >= 0.3 is 0 Å². The lowest BCUT2D eigenvalue weighted by Gasteiger charge is -2.35. The van der Waals surface area contributed by atoms with Gasteiger partial charge in [-0.15, -0.1) is 0 Å². The van der Waals surface area contributed by atoms with Gasteiger partial charge in [0.25, 0.3) is 0 Å². The summed E-state index contributed by atoms with van der Waals surface area (Å²) < 4.78 is 12.2.